The molecular weight excluding hydrogens is 342 g/mol. The maximum atomic E-state index is 12.7. The quantitative estimate of drug-likeness (QED) is 0.406. The normalized spacial score (nSPS) is 12.5. The molecule has 0 radical (unpaired) electrons. The van der Waals surface area contributed by atoms with Gasteiger partial charge in [-0.3, -0.25) is 14.4 Å². The van der Waals surface area contributed by atoms with Crippen molar-refractivity contribution < 1.29 is 19.1 Å². The number of hydrogen-bond donors (Lipinski definition) is 0. The molecule has 0 saturated carbocycles. The van der Waals surface area contributed by atoms with Crippen LogP contribution in [-0.2, 0) is 14.3 Å². The summed E-state index contributed by atoms with van der Waals surface area (Å²) in [5, 5.41) is 8.98. The van der Waals surface area contributed by atoms with Gasteiger partial charge in [-0.25, -0.2) is 0 Å². The first-order valence-corrected chi connectivity index (χ1v) is 8.73. The maximum absolute atomic E-state index is 12.7. The van der Waals surface area contributed by atoms with E-state index in [0.717, 1.165) is 0 Å². The van der Waals surface area contributed by atoms with Crippen LogP contribution in [0.4, 0.5) is 0 Å². The highest BCUT2D eigenvalue weighted by Crippen LogP contribution is 2.32. The molecule has 0 bridgehead atoms. The largest absolute Gasteiger partial charge is 0.465 e. The Labute approximate surface area is 158 Å². The summed E-state index contributed by atoms with van der Waals surface area (Å²) in [7, 11) is 0. The first-order valence-electron chi connectivity index (χ1n) is 8.73. The van der Waals surface area contributed by atoms with E-state index >= 15 is 0 Å². The third-order valence-electron chi connectivity index (χ3n) is 4.35. The fraction of sp³-hybridized carbons (Fsp3) is 0.273. The third kappa shape index (κ3) is 5.11. The number of carbonyl (C=O) groups excluding carboxylic acids is 3. The Kier molecular flexibility index (Phi) is 7.01. The zero-order chi connectivity index (χ0) is 19.8. The Balaban J connectivity index is 2.42. The number of ketones is 2. The van der Waals surface area contributed by atoms with Crippen molar-refractivity contribution in [3.05, 3.63) is 71.3 Å². The van der Waals surface area contributed by atoms with Gasteiger partial charge in [0.05, 0.1) is 18.2 Å². The average molecular weight is 363 g/mol. The lowest BCUT2D eigenvalue weighted by Crippen LogP contribution is -2.32. The van der Waals surface area contributed by atoms with Gasteiger partial charge >= 0.3 is 5.97 Å². The molecule has 138 valence electrons. The highest BCUT2D eigenvalue weighted by Gasteiger charge is 2.36. The number of Topliss-reactive ketones (excluding diaryl/α,β-unsaturated/α-hetero) is 2. The zero-order valence-electron chi connectivity index (χ0n) is 15.3. The first kappa shape index (κ1) is 20.1. The fourth-order valence-electron chi connectivity index (χ4n) is 3.02. The predicted molar refractivity (Wildman–Crippen MR) is 100 cm³/mol. The van der Waals surface area contributed by atoms with Crippen LogP contribution in [0.15, 0.2) is 54.6 Å². The van der Waals surface area contributed by atoms with Crippen molar-refractivity contribution in [2.75, 3.05) is 6.61 Å². The summed E-state index contributed by atoms with van der Waals surface area (Å²) in [6.45, 7) is 3.14. The van der Waals surface area contributed by atoms with Crippen LogP contribution in [0.5, 0.6) is 0 Å². The molecule has 0 amide bonds. The minimum absolute atomic E-state index is 0.0149. The van der Waals surface area contributed by atoms with Crippen LogP contribution in [0, 0.1) is 17.2 Å². The van der Waals surface area contributed by atoms with Crippen LogP contribution >= 0.6 is 0 Å². The van der Waals surface area contributed by atoms with Gasteiger partial charge in [0.15, 0.2) is 5.78 Å². The van der Waals surface area contributed by atoms with E-state index in [1.807, 2.05) is 12.1 Å². The smallest absolute Gasteiger partial charge is 0.317 e. The topological polar surface area (TPSA) is 84.2 Å². The molecular formula is C22H21NO4. The van der Waals surface area contributed by atoms with Gasteiger partial charge in [-0.2, -0.15) is 5.26 Å². The van der Waals surface area contributed by atoms with Crippen LogP contribution in [0.1, 0.15) is 47.7 Å². The van der Waals surface area contributed by atoms with Crippen LogP contribution < -0.4 is 0 Å². The second kappa shape index (κ2) is 9.44. The molecule has 2 atom stereocenters. The molecule has 2 aromatic carbocycles. The molecule has 0 aromatic heterocycles. The lowest BCUT2D eigenvalue weighted by atomic mass is 9.79. The van der Waals surface area contributed by atoms with Crippen molar-refractivity contribution in [1.29, 1.82) is 5.26 Å². The Morgan fingerprint density at radius 3 is 2.19 bits per heavy atom. The van der Waals surface area contributed by atoms with Gasteiger partial charge in [0, 0.05) is 17.9 Å². The molecule has 0 fully saturated rings. The van der Waals surface area contributed by atoms with Crippen molar-refractivity contribution >= 4 is 17.5 Å². The average Bonchev–Trinajstić information content (AvgIpc) is 2.68. The van der Waals surface area contributed by atoms with Crippen molar-refractivity contribution in [3.8, 4) is 6.07 Å². The maximum Gasteiger partial charge on any atom is 0.317 e. The minimum Gasteiger partial charge on any atom is -0.465 e. The van der Waals surface area contributed by atoms with Crippen LogP contribution in [0.3, 0.4) is 0 Å². The Hall–Kier alpha value is -3.26. The summed E-state index contributed by atoms with van der Waals surface area (Å²) in [6, 6.07) is 17.3. The van der Waals surface area contributed by atoms with Gasteiger partial charge in [-0.05, 0) is 31.5 Å². The van der Waals surface area contributed by atoms with Crippen molar-refractivity contribution in [3.63, 3.8) is 0 Å². The first-order chi connectivity index (χ1) is 13.0. The Morgan fingerprint density at radius 2 is 1.67 bits per heavy atom. The number of rotatable bonds is 8. The van der Waals surface area contributed by atoms with Crippen LogP contribution in [-0.4, -0.2) is 24.1 Å². The second-order valence-corrected chi connectivity index (χ2v) is 6.17. The molecule has 27 heavy (non-hydrogen) atoms. The number of carbonyl (C=O) groups is 3. The number of esters is 1. The SMILES string of the molecule is CCOC(=O)[C@@H](C(C)=O)[C@@H](CC(=O)c1ccccc1)c1ccc(C#N)cc1. The van der Waals surface area contributed by atoms with Gasteiger partial charge in [0.1, 0.15) is 11.7 Å². The third-order valence-corrected chi connectivity index (χ3v) is 4.35. The molecule has 0 unspecified atom stereocenters. The molecule has 5 nitrogen and oxygen atoms in total. The van der Waals surface area contributed by atoms with E-state index in [0.29, 0.717) is 16.7 Å². The number of hydrogen-bond acceptors (Lipinski definition) is 5. The molecule has 0 saturated heterocycles. The van der Waals surface area contributed by atoms with Crippen molar-refractivity contribution in [1.82, 2.24) is 0 Å². The molecule has 0 aliphatic carbocycles. The monoisotopic (exact) mass is 363 g/mol. The lowest BCUT2D eigenvalue weighted by molar-refractivity contribution is -0.152. The molecule has 2 rings (SSSR count). The minimum atomic E-state index is -1.08. The fourth-order valence-corrected chi connectivity index (χ4v) is 3.02. The molecule has 2 aromatic rings. The van der Waals surface area contributed by atoms with Crippen molar-refractivity contribution in [2.45, 2.75) is 26.2 Å². The van der Waals surface area contributed by atoms with E-state index in [2.05, 4.69) is 0 Å². The summed E-state index contributed by atoms with van der Waals surface area (Å²) < 4.78 is 5.08. The molecule has 0 aliphatic heterocycles. The Bertz CT molecular complexity index is 850. The summed E-state index contributed by atoms with van der Waals surface area (Å²) >= 11 is 0. The summed E-state index contributed by atoms with van der Waals surface area (Å²) in [5.41, 5.74) is 1.62. The number of ether oxygens (including phenoxy) is 1. The van der Waals surface area contributed by atoms with Gasteiger partial charge in [0.2, 0.25) is 0 Å². The van der Waals surface area contributed by atoms with Crippen LogP contribution in [0.2, 0.25) is 0 Å². The number of nitriles is 1. The van der Waals surface area contributed by atoms with E-state index in [-0.39, 0.29) is 24.6 Å². The molecule has 0 spiro atoms. The molecule has 0 N–H and O–H groups in total. The number of benzene rings is 2. The summed E-state index contributed by atoms with van der Waals surface area (Å²) in [5.74, 6) is -2.91. The molecule has 0 aliphatic rings. The van der Waals surface area contributed by atoms with Gasteiger partial charge in [0.25, 0.3) is 0 Å². The number of nitrogens with zero attached hydrogens (tertiary/aromatic N) is 1. The second-order valence-electron chi connectivity index (χ2n) is 6.17. The highest BCUT2D eigenvalue weighted by atomic mass is 16.5. The van der Waals surface area contributed by atoms with E-state index in [1.54, 1.807) is 55.5 Å². The summed E-state index contributed by atoms with van der Waals surface area (Å²) in [6.07, 6.45) is -0.0149. The summed E-state index contributed by atoms with van der Waals surface area (Å²) in [4.78, 5) is 37.4. The predicted octanol–water partition coefficient (Wildman–Crippen LogP) is 3.68. The van der Waals surface area contributed by atoms with Crippen molar-refractivity contribution in [2.24, 2.45) is 5.92 Å². The van der Waals surface area contributed by atoms with Gasteiger partial charge in [-0.15, -0.1) is 0 Å². The van der Waals surface area contributed by atoms with Gasteiger partial charge in [-0.1, -0.05) is 42.5 Å². The highest BCUT2D eigenvalue weighted by molar-refractivity contribution is 6.01. The standard InChI is InChI=1S/C22H21NO4/c1-3-27-22(26)21(15(2)24)19(17-11-9-16(14-23)10-12-17)13-20(25)18-7-5-4-6-8-18/h4-12,19,21H,3,13H2,1-2H3/t19-,21-/m0/s1. The molecule has 5 heteroatoms. The molecule has 0 heterocycles. The lowest BCUT2D eigenvalue weighted by Gasteiger charge is -2.24. The zero-order valence-corrected chi connectivity index (χ0v) is 15.3. The Morgan fingerprint density at radius 1 is 1.04 bits per heavy atom. The van der Waals surface area contributed by atoms with E-state index < -0.39 is 17.8 Å². The van der Waals surface area contributed by atoms with E-state index in [9.17, 15) is 14.4 Å². The van der Waals surface area contributed by atoms with E-state index in [1.165, 1.54) is 6.92 Å². The van der Waals surface area contributed by atoms with Gasteiger partial charge < -0.3 is 4.74 Å². The van der Waals surface area contributed by atoms with Crippen LogP contribution in [0.25, 0.3) is 0 Å². The van der Waals surface area contributed by atoms with E-state index in [4.69, 9.17) is 10.00 Å².